The van der Waals surface area contributed by atoms with E-state index in [2.05, 4.69) is 4.98 Å². The summed E-state index contributed by atoms with van der Waals surface area (Å²) in [6.45, 7) is 0. The van der Waals surface area contributed by atoms with Crippen molar-refractivity contribution in [2.45, 2.75) is 0 Å². The summed E-state index contributed by atoms with van der Waals surface area (Å²) in [4.78, 5) is 15.9. The Morgan fingerprint density at radius 3 is 2.56 bits per heavy atom. The van der Waals surface area contributed by atoms with Gasteiger partial charge in [0.05, 0.1) is 25.5 Å². The lowest BCUT2D eigenvalue weighted by atomic mass is 10.0. The van der Waals surface area contributed by atoms with Gasteiger partial charge < -0.3 is 14.6 Å². The fraction of sp³-hybridized carbons (Fsp3) is 0.111. The number of rotatable bonds is 4. The summed E-state index contributed by atoms with van der Waals surface area (Å²) in [7, 11) is 2.98. The molecule has 0 saturated carbocycles. The number of carboxylic acid groups (broad SMARTS) is 1. The van der Waals surface area contributed by atoms with E-state index in [0.717, 1.165) is 6.07 Å². The molecule has 0 unspecified atom stereocenters. The number of ether oxygens (including phenoxy) is 2. The second kappa shape index (κ2) is 6.57. The lowest BCUT2D eigenvalue weighted by Crippen LogP contribution is -2.02. The Bertz CT molecular complexity index is 990. The van der Waals surface area contributed by atoms with Crippen molar-refractivity contribution in [3.05, 3.63) is 52.8 Å². The molecular formula is C18H13ClFNO4. The average Bonchev–Trinajstić information content (AvgIpc) is 2.60. The molecule has 128 valence electrons. The summed E-state index contributed by atoms with van der Waals surface area (Å²) in [5.41, 5.74) is 0.554. The second-order valence-corrected chi connectivity index (χ2v) is 5.65. The summed E-state index contributed by atoms with van der Waals surface area (Å²) in [5, 5.41) is 9.74. The topological polar surface area (TPSA) is 68.7 Å². The molecule has 0 aliphatic heterocycles. The normalized spacial score (nSPS) is 10.7. The van der Waals surface area contributed by atoms with Crippen molar-refractivity contribution in [3.63, 3.8) is 0 Å². The molecule has 0 spiro atoms. The van der Waals surface area contributed by atoms with Gasteiger partial charge in [0.25, 0.3) is 0 Å². The van der Waals surface area contributed by atoms with Crippen LogP contribution in [0, 0.1) is 5.82 Å². The van der Waals surface area contributed by atoms with Crippen molar-refractivity contribution in [2.24, 2.45) is 0 Å². The molecule has 0 atom stereocenters. The summed E-state index contributed by atoms with van der Waals surface area (Å²) in [6.07, 6.45) is 0. The van der Waals surface area contributed by atoms with Crippen LogP contribution in [0.4, 0.5) is 4.39 Å². The molecule has 0 bridgehead atoms. The van der Waals surface area contributed by atoms with Gasteiger partial charge in [-0.1, -0.05) is 11.6 Å². The van der Waals surface area contributed by atoms with Gasteiger partial charge in [-0.2, -0.15) is 0 Å². The molecule has 0 fully saturated rings. The monoisotopic (exact) mass is 361 g/mol. The maximum absolute atomic E-state index is 14.3. The first-order valence-corrected chi connectivity index (χ1v) is 7.58. The Morgan fingerprint density at radius 2 is 1.92 bits per heavy atom. The number of nitrogens with zero attached hydrogens (tertiary/aromatic N) is 1. The third-order valence-corrected chi connectivity index (χ3v) is 3.96. The van der Waals surface area contributed by atoms with Gasteiger partial charge in [-0.25, -0.2) is 14.2 Å². The molecule has 0 amide bonds. The fourth-order valence-corrected chi connectivity index (χ4v) is 2.79. The quantitative estimate of drug-likeness (QED) is 0.745. The highest BCUT2D eigenvalue weighted by atomic mass is 35.5. The lowest BCUT2D eigenvalue weighted by molar-refractivity contribution is 0.0699. The molecule has 7 heteroatoms. The minimum atomic E-state index is -1.21. The molecule has 1 N–H and O–H groups in total. The van der Waals surface area contributed by atoms with Crippen LogP contribution in [0.5, 0.6) is 11.5 Å². The van der Waals surface area contributed by atoms with Gasteiger partial charge >= 0.3 is 5.97 Å². The molecular weight excluding hydrogens is 349 g/mol. The van der Waals surface area contributed by atoms with E-state index in [4.69, 9.17) is 21.1 Å². The van der Waals surface area contributed by atoms with E-state index in [1.807, 2.05) is 0 Å². The first-order chi connectivity index (χ1) is 11.9. The highest BCUT2D eigenvalue weighted by molar-refractivity contribution is 6.31. The van der Waals surface area contributed by atoms with E-state index in [1.165, 1.54) is 26.4 Å². The minimum absolute atomic E-state index is 0.0795. The second-order valence-electron chi connectivity index (χ2n) is 5.21. The Morgan fingerprint density at radius 1 is 1.16 bits per heavy atom. The number of hydrogen-bond acceptors (Lipinski definition) is 4. The zero-order valence-corrected chi connectivity index (χ0v) is 14.1. The Kier molecular flexibility index (Phi) is 4.46. The third-order valence-electron chi connectivity index (χ3n) is 3.74. The molecule has 3 rings (SSSR count). The predicted molar refractivity (Wildman–Crippen MR) is 92.2 cm³/mol. The SMILES string of the molecule is COc1ccc(OC)c(-c2cc(C(=O)O)c3cc(Cl)cc(F)c3n2)c1. The fourth-order valence-electron chi connectivity index (χ4n) is 2.58. The van der Waals surface area contributed by atoms with Crippen LogP contribution in [0.1, 0.15) is 10.4 Å². The van der Waals surface area contributed by atoms with Gasteiger partial charge in [-0.3, -0.25) is 0 Å². The maximum Gasteiger partial charge on any atom is 0.336 e. The Balaban J connectivity index is 2.37. The van der Waals surface area contributed by atoms with E-state index < -0.39 is 11.8 Å². The largest absolute Gasteiger partial charge is 0.497 e. The zero-order valence-electron chi connectivity index (χ0n) is 13.3. The lowest BCUT2D eigenvalue weighted by Gasteiger charge is -2.12. The van der Waals surface area contributed by atoms with Crippen molar-refractivity contribution in [1.82, 2.24) is 4.98 Å². The Labute approximate surface area is 147 Å². The van der Waals surface area contributed by atoms with Crippen molar-refractivity contribution in [2.75, 3.05) is 14.2 Å². The number of pyridine rings is 1. The van der Waals surface area contributed by atoms with Crippen molar-refractivity contribution < 1.29 is 23.8 Å². The molecule has 25 heavy (non-hydrogen) atoms. The minimum Gasteiger partial charge on any atom is -0.497 e. The summed E-state index contributed by atoms with van der Waals surface area (Å²) >= 11 is 5.85. The Hall–Kier alpha value is -2.86. The smallest absolute Gasteiger partial charge is 0.336 e. The molecule has 0 aliphatic carbocycles. The number of aromatic nitrogens is 1. The first kappa shape index (κ1) is 17.0. The number of aromatic carboxylic acids is 1. The number of carboxylic acids is 1. The molecule has 1 aromatic heterocycles. The van der Waals surface area contributed by atoms with Crippen molar-refractivity contribution >= 4 is 28.5 Å². The standard InChI is InChI=1S/C18H13ClFNO4/c1-24-10-3-4-16(25-2)13(7-10)15-8-12(18(22)23)11-5-9(19)6-14(20)17(11)21-15/h3-8H,1-2H3,(H,22,23). The summed E-state index contributed by atoms with van der Waals surface area (Å²) < 4.78 is 24.8. The number of carbonyl (C=O) groups is 1. The van der Waals surface area contributed by atoms with Crippen LogP contribution >= 0.6 is 11.6 Å². The number of benzene rings is 2. The van der Waals surface area contributed by atoms with Crippen LogP contribution in [0.3, 0.4) is 0 Å². The maximum atomic E-state index is 14.3. The van der Waals surface area contributed by atoms with Crippen LogP contribution in [0.15, 0.2) is 36.4 Å². The molecule has 1 heterocycles. The third kappa shape index (κ3) is 3.08. The summed E-state index contributed by atoms with van der Waals surface area (Å²) in [5.74, 6) is -0.921. The van der Waals surface area contributed by atoms with Gasteiger partial charge in [0.1, 0.15) is 17.0 Å². The van der Waals surface area contributed by atoms with Crippen LogP contribution in [0.2, 0.25) is 5.02 Å². The highest BCUT2D eigenvalue weighted by Gasteiger charge is 2.18. The van der Waals surface area contributed by atoms with Crippen LogP contribution < -0.4 is 9.47 Å². The molecule has 2 aromatic carbocycles. The molecule has 0 aliphatic rings. The summed E-state index contributed by atoms with van der Waals surface area (Å²) in [6, 6.07) is 8.84. The van der Waals surface area contributed by atoms with Gasteiger partial charge in [0.2, 0.25) is 0 Å². The number of halogens is 2. The average molecular weight is 362 g/mol. The van der Waals surface area contributed by atoms with Gasteiger partial charge in [-0.15, -0.1) is 0 Å². The van der Waals surface area contributed by atoms with Crippen molar-refractivity contribution in [3.8, 4) is 22.8 Å². The van der Waals surface area contributed by atoms with E-state index in [1.54, 1.807) is 18.2 Å². The van der Waals surface area contributed by atoms with Gasteiger partial charge in [-0.05, 0) is 36.4 Å². The molecule has 3 aromatic rings. The van der Waals surface area contributed by atoms with E-state index in [0.29, 0.717) is 17.1 Å². The van der Waals surface area contributed by atoms with Gasteiger partial charge in [0.15, 0.2) is 5.82 Å². The van der Waals surface area contributed by atoms with Crippen molar-refractivity contribution in [1.29, 1.82) is 0 Å². The number of hydrogen-bond donors (Lipinski definition) is 1. The number of fused-ring (bicyclic) bond motifs is 1. The molecule has 0 radical (unpaired) electrons. The predicted octanol–water partition coefficient (Wildman–Crippen LogP) is 4.41. The number of methoxy groups -OCH3 is 2. The first-order valence-electron chi connectivity index (χ1n) is 7.20. The highest BCUT2D eigenvalue weighted by Crippen LogP contribution is 2.35. The van der Waals surface area contributed by atoms with E-state index in [-0.39, 0.29) is 27.2 Å². The van der Waals surface area contributed by atoms with E-state index >= 15 is 0 Å². The zero-order chi connectivity index (χ0) is 18.1. The molecule has 5 nitrogen and oxygen atoms in total. The van der Waals surface area contributed by atoms with Gasteiger partial charge in [0, 0.05) is 16.0 Å². The van der Waals surface area contributed by atoms with E-state index in [9.17, 15) is 14.3 Å². The van der Waals surface area contributed by atoms with Crippen LogP contribution in [-0.2, 0) is 0 Å². The van der Waals surface area contributed by atoms with Crippen LogP contribution in [-0.4, -0.2) is 30.3 Å². The molecule has 0 saturated heterocycles. The van der Waals surface area contributed by atoms with Crippen LogP contribution in [0.25, 0.3) is 22.2 Å².